The van der Waals surface area contributed by atoms with Gasteiger partial charge in [0.25, 0.3) is 0 Å². The highest BCUT2D eigenvalue weighted by atomic mass is 35.5. The predicted octanol–water partition coefficient (Wildman–Crippen LogP) is 3.87. The number of halogens is 2. The smallest absolute Gasteiger partial charge is 0.125 e. The van der Waals surface area contributed by atoms with E-state index in [1.807, 2.05) is 18.2 Å². The second kappa shape index (κ2) is 4.71. The average Bonchev–Trinajstić information content (AvgIpc) is 2.39. The van der Waals surface area contributed by atoms with Crippen molar-refractivity contribution in [2.45, 2.75) is 19.0 Å². The maximum atomic E-state index is 13.3. The van der Waals surface area contributed by atoms with Crippen LogP contribution in [0.25, 0.3) is 0 Å². The van der Waals surface area contributed by atoms with Gasteiger partial charge in [0.05, 0.1) is 0 Å². The van der Waals surface area contributed by atoms with Gasteiger partial charge in [0.15, 0.2) is 0 Å². The first-order valence-corrected chi connectivity index (χ1v) is 6.37. The van der Waals surface area contributed by atoms with Crippen LogP contribution in [0, 0.1) is 5.82 Å². The second-order valence-electron chi connectivity index (χ2n) is 4.57. The van der Waals surface area contributed by atoms with Crippen LogP contribution < -0.4 is 5.32 Å². The highest BCUT2D eigenvalue weighted by molar-refractivity contribution is 6.31. The maximum absolute atomic E-state index is 13.3. The molecule has 1 unspecified atom stereocenters. The van der Waals surface area contributed by atoms with E-state index in [-0.39, 0.29) is 11.9 Å². The Labute approximate surface area is 111 Å². The zero-order chi connectivity index (χ0) is 12.5. The fourth-order valence-electron chi connectivity index (χ4n) is 2.47. The van der Waals surface area contributed by atoms with Crippen LogP contribution in [-0.4, -0.2) is 0 Å². The van der Waals surface area contributed by atoms with Crippen molar-refractivity contribution in [1.29, 1.82) is 0 Å². The molecule has 1 atom stereocenters. The largest absolute Gasteiger partial charge is 0.306 e. The normalized spacial score (nSPS) is 18.4. The van der Waals surface area contributed by atoms with Crippen molar-refractivity contribution >= 4 is 11.6 Å². The number of fused-ring (bicyclic) bond motifs is 1. The average molecular weight is 262 g/mol. The SMILES string of the molecule is Fc1cc(Cl)c2c(c1)CNC(c1ccccc1)C2. The minimum atomic E-state index is -0.265. The molecule has 2 aromatic carbocycles. The molecule has 1 N–H and O–H groups in total. The Morgan fingerprint density at radius 2 is 1.94 bits per heavy atom. The lowest BCUT2D eigenvalue weighted by molar-refractivity contribution is 0.495. The van der Waals surface area contributed by atoms with E-state index >= 15 is 0 Å². The lowest BCUT2D eigenvalue weighted by Gasteiger charge is -2.27. The molecule has 1 aliphatic heterocycles. The highest BCUT2D eigenvalue weighted by Crippen LogP contribution is 2.31. The third-order valence-corrected chi connectivity index (χ3v) is 3.74. The van der Waals surface area contributed by atoms with Crippen LogP contribution in [-0.2, 0) is 13.0 Å². The maximum Gasteiger partial charge on any atom is 0.125 e. The molecule has 92 valence electrons. The van der Waals surface area contributed by atoms with Gasteiger partial charge >= 0.3 is 0 Å². The quantitative estimate of drug-likeness (QED) is 0.822. The Balaban J connectivity index is 1.94. The fourth-order valence-corrected chi connectivity index (χ4v) is 2.78. The molecule has 2 aromatic rings. The summed E-state index contributed by atoms with van der Waals surface area (Å²) in [5, 5.41) is 3.96. The number of hydrogen-bond acceptors (Lipinski definition) is 1. The second-order valence-corrected chi connectivity index (χ2v) is 4.98. The van der Waals surface area contributed by atoms with Gasteiger partial charge in [-0.3, -0.25) is 0 Å². The van der Waals surface area contributed by atoms with Crippen LogP contribution in [0.15, 0.2) is 42.5 Å². The van der Waals surface area contributed by atoms with Crippen LogP contribution in [0.2, 0.25) is 5.02 Å². The monoisotopic (exact) mass is 261 g/mol. The molecule has 0 radical (unpaired) electrons. The van der Waals surface area contributed by atoms with E-state index in [0.29, 0.717) is 11.6 Å². The van der Waals surface area contributed by atoms with E-state index in [1.54, 1.807) is 6.07 Å². The standard InChI is InChI=1S/C15H13ClFN/c16-14-7-12(17)6-11-9-18-15(8-13(11)14)10-4-2-1-3-5-10/h1-7,15,18H,8-9H2. The molecule has 1 heterocycles. The number of nitrogens with one attached hydrogen (secondary N) is 1. The van der Waals surface area contributed by atoms with Gasteiger partial charge in [0, 0.05) is 17.6 Å². The van der Waals surface area contributed by atoms with Gasteiger partial charge in [-0.2, -0.15) is 0 Å². The molecule has 3 rings (SSSR count). The number of rotatable bonds is 1. The summed E-state index contributed by atoms with van der Waals surface area (Å²) in [7, 11) is 0. The molecule has 1 nitrogen and oxygen atoms in total. The number of hydrogen-bond donors (Lipinski definition) is 1. The van der Waals surface area contributed by atoms with Crippen molar-refractivity contribution in [2.24, 2.45) is 0 Å². The Hall–Kier alpha value is -1.38. The molecular formula is C15H13ClFN. The van der Waals surface area contributed by atoms with Gasteiger partial charge in [-0.15, -0.1) is 0 Å². The summed E-state index contributed by atoms with van der Waals surface area (Å²) in [5.41, 5.74) is 3.27. The molecule has 0 fully saturated rings. The molecule has 0 bridgehead atoms. The van der Waals surface area contributed by atoms with E-state index < -0.39 is 0 Å². The molecule has 0 aromatic heterocycles. The summed E-state index contributed by atoms with van der Waals surface area (Å²) in [6.45, 7) is 0.659. The minimum Gasteiger partial charge on any atom is -0.306 e. The predicted molar refractivity (Wildman–Crippen MR) is 71.1 cm³/mol. The third kappa shape index (κ3) is 2.14. The summed E-state index contributed by atoms with van der Waals surface area (Å²) in [4.78, 5) is 0. The molecule has 3 heteroatoms. The first-order chi connectivity index (χ1) is 8.74. The topological polar surface area (TPSA) is 12.0 Å². The molecule has 18 heavy (non-hydrogen) atoms. The fraction of sp³-hybridized carbons (Fsp3) is 0.200. The first-order valence-electron chi connectivity index (χ1n) is 5.99. The van der Waals surface area contributed by atoms with Crippen LogP contribution in [0.5, 0.6) is 0 Å². The molecule has 1 aliphatic rings. The van der Waals surface area contributed by atoms with Gasteiger partial charge in [-0.25, -0.2) is 4.39 Å². The molecule has 0 saturated carbocycles. The van der Waals surface area contributed by atoms with Crippen LogP contribution in [0.1, 0.15) is 22.7 Å². The van der Waals surface area contributed by atoms with Gasteiger partial charge in [0.2, 0.25) is 0 Å². The Bertz CT molecular complexity index is 568. The Morgan fingerprint density at radius 3 is 2.72 bits per heavy atom. The lowest BCUT2D eigenvalue weighted by Crippen LogP contribution is -2.28. The third-order valence-electron chi connectivity index (χ3n) is 3.40. The summed E-state index contributed by atoms with van der Waals surface area (Å²) in [5.74, 6) is -0.265. The van der Waals surface area contributed by atoms with E-state index in [4.69, 9.17) is 11.6 Å². The van der Waals surface area contributed by atoms with Crippen molar-refractivity contribution in [3.05, 3.63) is 70.0 Å². The Kier molecular flexibility index (Phi) is 3.06. The Morgan fingerprint density at radius 1 is 1.17 bits per heavy atom. The van der Waals surface area contributed by atoms with Crippen LogP contribution in [0.3, 0.4) is 0 Å². The zero-order valence-corrected chi connectivity index (χ0v) is 10.5. The van der Waals surface area contributed by atoms with Crippen molar-refractivity contribution in [2.75, 3.05) is 0 Å². The molecule has 0 spiro atoms. The van der Waals surface area contributed by atoms with Crippen molar-refractivity contribution in [3.8, 4) is 0 Å². The summed E-state index contributed by atoms with van der Waals surface area (Å²) in [6.07, 6.45) is 0.804. The highest BCUT2D eigenvalue weighted by Gasteiger charge is 2.21. The summed E-state index contributed by atoms with van der Waals surface area (Å²) in [6, 6.07) is 13.5. The van der Waals surface area contributed by atoms with Gasteiger partial charge < -0.3 is 5.32 Å². The lowest BCUT2D eigenvalue weighted by atomic mass is 9.91. The van der Waals surface area contributed by atoms with E-state index in [2.05, 4.69) is 17.4 Å². The summed E-state index contributed by atoms with van der Waals surface area (Å²) < 4.78 is 13.3. The van der Waals surface area contributed by atoms with Crippen molar-refractivity contribution in [3.63, 3.8) is 0 Å². The van der Waals surface area contributed by atoms with Crippen molar-refractivity contribution < 1.29 is 4.39 Å². The van der Waals surface area contributed by atoms with E-state index in [9.17, 15) is 4.39 Å². The van der Waals surface area contributed by atoms with Crippen molar-refractivity contribution in [1.82, 2.24) is 5.32 Å². The van der Waals surface area contributed by atoms with Crippen LogP contribution >= 0.6 is 11.6 Å². The minimum absolute atomic E-state index is 0.252. The van der Waals surface area contributed by atoms with Gasteiger partial charge in [-0.05, 0) is 35.2 Å². The first kappa shape index (κ1) is 11.7. The van der Waals surface area contributed by atoms with E-state index in [1.165, 1.54) is 11.6 Å². The van der Waals surface area contributed by atoms with Gasteiger partial charge in [-0.1, -0.05) is 41.9 Å². The summed E-state index contributed by atoms with van der Waals surface area (Å²) >= 11 is 6.13. The number of benzene rings is 2. The van der Waals surface area contributed by atoms with E-state index in [0.717, 1.165) is 17.5 Å². The van der Waals surface area contributed by atoms with Gasteiger partial charge in [0.1, 0.15) is 5.82 Å². The molecular weight excluding hydrogens is 249 g/mol. The molecule has 0 aliphatic carbocycles. The van der Waals surface area contributed by atoms with Crippen LogP contribution in [0.4, 0.5) is 4.39 Å². The molecule has 0 amide bonds. The zero-order valence-electron chi connectivity index (χ0n) is 9.79. The molecule has 0 saturated heterocycles.